The van der Waals surface area contributed by atoms with Crippen LogP contribution in [0.3, 0.4) is 0 Å². The van der Waals surface area contributed by atoms with Gasteiger partial charge < -0.3 is 10.1 Å². The van der Waals surface area contributed by atoms with Gasteiger partial charge in [-0.3, -0.25) is 4.98 Å². The number of rotatable bonds is 6. The molecule has 0 amide bonds. The number of ether oxygens (including phenoxy) is 1. The molecule has 112 valence electrons. The van der Waals surface area contributed by atoms with Crippen molar-refractivity contribution in [2.45, 2.75) is 33.0 Å². The molecule has 3 nitrogen and oxygen atoms in total. The topological polar surface area (TPSA) is 34.1 Å². The lowest BCUT2D eigenvalue weighted by atomic mass is 10.2. The lowest BCUT2D eigenvalue weighted by molar-refractivity contribution is 0.289. The Morgan fingerprint density at radius 2 is 2.05 bits per heavy atom. The molecular formula is C16H18BrFN2O. The molecule has 5 heteroatoms. The SMILES string of the molecule is CC(C)NCc1ccc(OCc2cncc(Br)c2)c(F)c1. The standard InChI is InChI=1S/C16H18BrFN2O/c1-11(2)20-8-12-3-4-16(15(18)6-12)21-10-13-5-14(17)9-19-7-13/h3-7,9,11,20H,8,10H2,1-2H3. The van der Waals surface area contributed by atoms with Crippen molar-refractivity contribution in [2.24, 2.45) is 0 Å². The number of hydrogen-bond acceptors (Lipinski definition) is 3. The number of nitrogens with one attached hydrogen (secondary N) is 1. The van der Waals surface area contributed by atoms with Crippen molar-refractivity contribution in [3.63, 3.8) is 0 Å². The van der Waals surface area contributed by atoms with E-state index in [9.17, 15) is 4.39 Å². The number of benzene rings is 1. The molecule has 0 bridgehead atoms. The molecule has 1 aromatic carbocycles. The van der Waals surface area contributed by atoms with Gasteiger partial charge in [0.05, 0.1) is 0 Å². The smallest absolute Gasteiger partial charge is 0.165 e. The van der Waals surface area contributed by atoms with Crippen LogP contribution < -0.4 is 10.1 Å². The maximum absolute atomic E-state index is 14.0. The average Bonchev–Trinajstić information content (AvgIpc) is 2.44. The van der Waals surface area contributed by atoms with Crippen LogP contribution >= 0.6 is 15.9 Å². The molecule has 0 unspecified atom stereocenters. The van der Waals surface area contributed by atoms with E-state index in [1.54, 1.807) is 18.5 Å². The molecule has 2 aromatic rings. The van der Waals surface area contributed by atoms with E-state index in [1.165, 1.54) is 6.07 Å². The predicted molar refractivity (Wildman–Crippen MR) is 84.6 cm³/mol. The van der Waals surface area contributed by atoms with E-state index in [4.69, 9.17) is 4.74 Å². The van der Waals surface area contributed by atoms with Crippen molar-refractivity contribution >= 4 is 15.9 Å². The highest BCUT2D eigenvalue weighted by Gasteiger charge is 2.06. The molecule has 1 N–H and O–H groups in total. The number of hydrogen-bond donors (Lipinski definition) is 1. The van der Waals surface area contributed by atoms with E-state index >= 15 is 0 Å². The van der Waals surface area contributed by atoms with Crippen molar-refractivity contribution in [1.29, 1.82) is 0 Å². The van der Waals surface area contributed by atoms with E-state index in [1.807, 2.05) is 12.1 Å². The second-order valence-corrected chi connectivity index (χ2v) is 6.02. The summed E-state index contributed by atoms with van der Waals surface area (Å²) in [5.74, 6) is -0.0933. The number of halogens is 2. The zero-order chi connectivity index (χ0) is 15.2. The number of aromatic nitrogens is 1. The molecule has 0 saturated heterocycles. The largest absolute Gasteiger partial charge is 0.486 e. The van der Waals surface area contributed by atoms with E-state index in [2.05, 4.69) is 40.1 Å². The molecule has 2 rings (SSSR count). The summed E-state index contributed by atoms with van der Waals surface area (Å²) in [6.45, 7) is 5.04. The van der Waals surface area contributed by atoms with Crippen molar-refractivity contribution in [3.05, 3.63) is 58.1 Å². The highest BCUT2D eigenvalue weighted by molar-refractivity contribution is 9.10. The summed E-state index contributed by atoms with van der Waals surface area (Å²) in [4.78, 5) is 4.04. The molecule has 0 aliphatic carbocycles. The van der Waals surface area contributed by atoms with Gasteiger partial charge in [0.1, 0.15) is 6.61 Å². The fourth-order valence-electron chi connectivity index (χ4n) is 1.79. The summed E-state index contributed by atoms with van der Waals surface area (Å²) in [7, 11) is 0. The van der Waals surface area contributed by atoms with Gasteiger partial charge in [0, 0.05) is 35.0 Å². The zero-order valence-electron chi connectivity index (χ0n) is 12.1. The van der Waals surface area contributed by atoms with Crippen LogP contribution in [0.5, 0.6) is 5.75 Å². The van der Waals surface area contributed by atoms with Crippen LogP contribution in [-0.2, 0) is 13.2 Å². The Balaban J connectivity index is 1.97. The van der Waals surface area contributed by atoms with Crippen LogP contribution in [0.15, 0.2) is 41.1 Å². The van der Waals surface area contributed by atoms with Gasteiger partial charge in [0.15, 0.2) is 11.6 Å². The summed E-state index contributed by atoms with van der Waals surface area (Å²) in [5.41, 5.74) is 1.78. The zero-order valence-corrected chi connectivity index (χ0v) is 13.7. The fourth-order valence-corrected chi connectivity index (χ4v) is 2.20. The molecule has 0 atom stereocenters. The molecule has 0 aliphatic heterocycles. The maximum atomic E-state index is 14.0. The predicted octanol–water partition coefficient (Wildman–Crippen LogP) is 4.06. The van der Waals surface area contributed by atoms with Gasteiger partial charge in [0.2, 0.25) is 0 Å². The molecule has 0 aliphatic rings. The highest BCUT2D eigenvalue weighted by Crippen LogP contribution is 2.20. The van der Waals surface area contributed by atoms with Crippen molar-refractivity contribution in [2.75, 3.05) is 0 Å². The quantitative estimate of drug-likeness (QED) is 0.851. The Bertz CT molecular complexity index is 605. The third-order valence-corrected chi connectivity index (χ3v) is 3.30. The molecule has 0 radical (unpaired) electrons. The Kier molecular flexibility index (Phi) is 5.70. The third-order valence-electron chi connectivity index (χ3n) is 2.87. The Labute approximate surface area is 132 Å². The number of pyridine rings is 1. The van der Waals surface area contributed by atoms with E-state index in [0.717, 1.165) is 15.6 Å². The lowest BCUT2D eigenvalue weighted by Gasteiger charge is -2.11. The van der Waals surface area contributed by atoms with Gasteiger partial charge in [-0.2, -0.15) is 0 Å². The Morgan fingerprint density at radius 1 is 1.24 bits per heavy atom. The highest BCUT2D eigenvalue weighted by atomic mass is 79.9. The molecule has 21 heavy (non-hydrogen) atoms. The van der Waals surface area contributed by atoms with E-state index < -0.39 is 0 Å². The molecule has 0 saturated carbocycles. The van der Waals surface area contributed by atoms with Gasteiger partial charge in [-0.25, -0.2) is 4.39 Å². The van der Waals surface area contributed by atoms with Crippen LogP contribution in [0.25, 0.3) is 0 Å². The lowest BCUT2D eigenvalue weighted by Crippen LogP contribution is -2.21. The van der Waals surface area contributed by atoms with Crippen molar-refractivity contribution in [3.8, 4) is 5.75 Å². The first-order valence-electron chi connectivity index (χ1n) is 6.78. The van der Waals surface area contributed by atoms with Gasteiger partial charge in [-0.15, -0.1) is 0 Å². The Hall–Kier alpha value is -1.46. The van der Waals surface area contributed by atoms with Gasteiger partial charge in [-0.1, -0.05) is 19.9 Å². The van der Waals surface area contributed by atoms with Gasteiger partial charge in [-0.05, 0) is 39.7 Å². The van der Waals surface area contributed by atoms with E-state index in [0.29, 0.717) is 12.6 Å². The van der Waals surface area contributed by atoms with Gasteiger partial charge in [0.25, 0.3) is 0 Å². The van der Waals surface area contributed by atoms with Crippen molar-refractivity contribution < 1.29 is 9.13 Å². The van der Waals surface area contributed by atoms with E-state index in [-0.39, 0.29) is 18.2 Å². The second kappa shape index (κ2) is 7.52. The minimum atomic E-state index is -0.346. The number of nitrogens with zero attached hydrogens (tertiary/aromatic N) is 1. The average molecular weight is 353 g/mol. The van der Waals surface area contributed by atoms with Crippen LogP contribution in [0.1, 0.15) is 25.0 Å². The molecule has 1 heterocycles. The van der Waals surface area contributed by atoms with Crippen LogP contribution in [-0.4, -0.2) is 11.0 Å². The second-order valence-electron chi connectivity index (χ2n) is 5.10. The first-order chi connectivity index (χ1) is 10.0. The molecule has 1 aromatic heterocycles. The third kappa shape index (κ3) is 5.10. The van der Waals surface area contributed by atoms with Crippen LogP contribution in [0.4, 0.5) is 4.39 Å². The summed E-state index contributed by atoms with van der Waals surface area (Å²) >= 11 is 3.34. The summed E-state index contributed by atoms with van der Waals surface area (Å²) < 4.78 is 20.4. The van der Waals surface area contributed by atoms with Crippen LogP contribution in [0.2, 0.25) is 0 Å². The Morgan fingerprint density at radius 3 is 2.71 bits per heavy atom. The van der Waals surface area contributed by atoms with Gasteiger partial charge >= 0.3 is 0 Å². The minimum Gasteiger partial charge on any atom is -0.486 e. The monoisotopic (exact) mass is 352 g/mol. The first-order valence-corrected chi connectivity index (χ1v) is 7.58. The first kappa shape index (κ1) is 15.9. The summed E-state index contributed by atoms with van der Waals surface area (Å²) in [6.07, 6.45) is 3.39. The summed E-state index contributed by atoms with van der Waals surface area (Å²) in [5, 5.41) is 3.25. The summed E-state index contributed by atoms with van der Waals surface area (Å²) in [6, 6.07) is 7.30. The van der Waals surface area contributed by atoms with Crippen LogP contribution in [0, 0.1) is 5.82 Å². The minimum absolute atomic E-state index is 0.253. The fraction of sp³-hybridized carbons (Fsp3) is 0.312. The maximum Gasteiger partial charge on any atom is 0.165 e. The normalized spacial score (nSPS) is 10.9. The van der Waals surface area contributed by atoms with Crippen molar-refractivity contribution in [1.82, 2.24) is 10.3 Å². The molecular weight excluding hydrogens is 335 g/mol. The molecule has 0 fully saturated rings. The molecule has 0 spiro atoms.